The highest BCUT2D eigenvalue weighted by Gasteiger charge is 2.14. The maximum Gasteiger partial charge on any atom is 0.251 e. The van der Waals surface area contributed by atoms with E-state index in [0.29, 0.717) is 27.9 Å². The molecule has 0 saturated heterocycles. The molecule has 1 amide bonds. The molecule has 2 aromatic heterocycles. The van der Waals surface area contributed by atoms with E-state index in [9.17, 15) is 18.3 Å². The number of benzene rings is 2. The van der Waals surface area contributed by atoms with Crippen molar-refractivity contribution < 1.29 is 22.7 Å². The molecule has 0 bridgehead atoms. The number of nitrogens with one attached hydrogen (secondary N) is 2. The van der Waals surface area contributed by atoms with Crippen LogP contribution in [0.3, 0.4) is 0 Å². The van der Waals surface area contributed by atoms with Crippen LogP contribution < -0.4 is 10.5 Å². The van der Waals surface area contributed by atoms with Crippen LogP contribution in [0.1, 0.15) is 16.1 Å². The summed E-state index contributed by atoms with van der Waals surface area (Å²) in [6.45, 7) is 0.239. The van der Waals surface area contributed by atoms with Crippen molar-refractivity contribution >= 4 is 38.2 Å². The number of rotatable bonds is 6. The molecule has 4 rings (SSSR count). The van der Waals surface area contributed by atoms with Gasteiger partial charge in [0.2, 0.25) is 15.9 Å². The summed E-state index contributed by atoms with van der Waals surface area (Å²) < 4.78 is 27.8. The molecule has 2 heterocycles. The molecule has 11 heteroatoms. The minimum atomic E-state index is -3.81. The maximum atomic E-state index is 12.5. The van der Waals surface area contributed by atoms with Gasteiger partial charge in [-0.05, 0) is 54.6 Å². The molecule has 10 nitrogen and oxygen atoms in total. The number of azo groups is 1. The van der Waals surface area contributed by atoms with Gasteiger partial charge in [-0.3, -0.25) is 4.79 Å². The quantitative estimate of drug-likeness (QED) is 0.338. The van der Waals surface area contributed by atoms with Gasteiger partial charge in [0.1, 0.15) is 5.76 Å². The van der Waals surface area contributed by atoms with E-state index < -0.39 is 10.0 Å². The molecular weight excluding hydrogens is 422 g/mol. The highest BCUT2D eigenvalue weighted by Crippen LogP contribution is 2.36. The SMILES string of the molecule is NS(=O)(=O)c1ccc(N=Nc2c(O)[nH]c3ccc(C(=O)NCc4ccco4)cc23)cc1. The smallest absolute Gasteiger partial charge is 0.251 e. The molecule has 4 aromatic rings. The Balaban J connectivity index is 1.58. The number of hydrogen-bond acceptors (Lipinski definition) is 7. The van der Waals surface area contributed by atoms with Crippen LogP contribution in [0.15, 0.2) is 80.4 Å². The third-order valence-electron chi connectivity index (χ3n) is 4.45. The summed E-state index contributed by atoms with van der Waals surface area (Å²) in [5.41, 5.74) is 1.44. The van der Waals surface area contributed by atoms with Gasteiger partial charge in [-0.15, -0.1) is 5.11 Å². The molecule has 0 saturated carbocycles. The fourth-order valence-corrected chi connectivity index (χ4v) is 3.41. The topological polar surface area (TPSA) is 163 Å². The van der Waals surface area contributed by atoms with Crippen molar-refractivity contribution in [2.24, 2.45) is 15.4 Å². The minimum absolute atomic E-state index is 0.0494. The zero-order chi connectivity index (χ0) is 22.0. The first-order chi connectivity index (χ1) is 14.8. The number of nitrogens with two attached hydrogens (primary N) is 1. The first-order valence-electron chi connectivity index (χ1n) is 9.01. The molecule has 0 spiro atoms. The second-order valence-corrected chi connectivity index (χ2v) is 8.14. The van der Waals surface area contributed by atoms with Crippen LogP contribution in [-0.2, 0) is 16.6 Å². The van der Waals surface area contributed by atoms with E-state index in [1.165, 1.54) is 30.5 Å². The van der Waals surface area contributed by atoms with Crippen LogP contribution in [0.25, 0.3) is 10.9 Å². The minimum Gasteiger partial charge on any atom is -0.493 e. The molecule has 158 valence electrons. The lowest BCUT2D eigenvalue weighted by Crippen LogP contribution is -2.22. The summed E-state index contributed by atoms with van der Waals surface area (Å²) in [6, 6.07) is 13.8. The number of hydrogen-bond donors (Lipinski definition) is 4. The highest BCUT2D eigenvalue weighted by atomic mass is 32.2. The molecule has 0 radical (unpaired) electrons. The Hall–Kier alpha value is -3.96. The van der Waals surface area contributed by atoms with Gasteiger partial charge < -0.3 is 19.8 Å². The van der Waals surface area contributed by atoms with Gasteiger partial charge in [0, 0.05) is 10.9 Å². The largest absolute Gasteiger partial charge is 0.493 e. The molecule has 0 aliphatic rings. The second kappa shape index (κ2) is 8.05. The third-order valence-corrected chi connectivity index (χ3v) is 5.38. The predicted molar refractivity (Wildman–Crippen MR) is 112 cm³/mol. The summed E-state index contributed by atoms with van der Waals surface area (Å²) in [7, 11) is -3.81. The average Bonchev–Trinajstić information content (AvgIpc) is 3.37. The van der Waals surface area contributed by atoms with E-state index in [0.717, 1.165) is 0 Å². The van der Waals surface area contributed by atoms with Crippen molar-refractivity contribution in [3.05, 3.63) is 72.2 Å². The Morgan fingerprint density at radius 1 is 1.13 bits per heavy atom. The Labute approximate surface area is 176 Å². The van der Waals surface area contributed by atoms with Crippen LogP contribution in [0.2, 0.25) is 0 Å². The van der Waals surface area contributed by atoms with Gasteiger partial charge in [0.15, 0.2) is 5.69 Å². The van der Waals surface area contributed by atoms with E-state index in [2.05, 4.69) is 20.5 Å². The fourth-order valence-electron chi connectivity index (χ4n) is 2.90. The van der Waals surface area contributed by atoms with Gasteiger partial charge in [-0.25, -0.2) is 13.6 Å². The number of amides is 1. The van der Waals surface area contributed by atoms with Crippen molar-refractivity contribution in [2.75, 3.05) is 0 Å². The summed E-state index contributed by atoms with van der Waals surface area (Å²) in [6.07, 6.45) is 1.52. The van der Waals surface area contributed by atoms with Gasteiger partial charge in [-0.2, -0.15) is 5.11 Å². The summed E-state index contributed by atoms with van der Waals surface area (Å²) in [5, 5.41) is 26.6. The number of aromatic nitrogens is 1. The standard InChI is InChI=1S/C20H17N5O5S/c21-31(28,29)15-6-4-13(5-7-15)24-25-18-16-10-12(3-8-17(16)23-20(18)27)19(26)22-11-14-2-1-9-30-14/h1-10,23,27H,11H2,(H,22,26)(H2,21,28,29). The number of sulfonamides is 1. The number of aromatic amines is 1. The van der Waals surface area contributed by atoms with Crippen LogP contribution in [-0.4, -0.2) is 24.4 Å². The van der Waals surface area contributed by atoms with Crippen LogP contribution >= 0.6 is 0 Å². The number of nitrogens with zero attached hydrogens (tertiary/aromatic N) is 2. The fraction of sp³-hybridized carbons (Fsp3) is 0.0500. The lowest BCUT2D eigenvalue weighted by Gasteiger charge is -2.03. The first kappa shape index (κ1) is 20.3. The second-order valence-electron chi connectivity index (χ2n) is 6.58. The van der Waals surface area contributed by atoms with Gasteiger partial charge in [0.25, 0.3) is 5.91 Å². The normalized spacial score (nSPS) is 11.9. The Bertz CT molecular complexity index is 1370. The average molecular weight is 439 g/mol. The van der Waals surface area contributed by atoms with Crippen molar-refractivity contribution in [1.29, 1.82) is 0 Å². The molecule has 5 N–H and O–H groups in total. The maximum absolute atomic E-state index is 12.5. The van der Waals surface area contributed by atoms with Gasteiger partial charge in [0.05, 0.1) is 28.9 Å². The van der Waals surface area contributed by atoms with Gasteiger partial charge >= 0.3 is 0 Å². The molecule has 31 heavy (non-hydrogen) atoms. The van der Waals surface area contributed by atoms with Gasteiger partial charge in [-0.1, -0.05) is 0 Å². The lowest BCUT2D eigenvalue weighted by molar-refractivity contribution is 0.0948. The van der Waals surface area contributed by atoms with E-state index in [4.69, 9.17) is 9.56 Å². The van der Waals surface area contributed by atoms with Crippen LogP contribution in [0.4, 0.5) is 11.4 Å². The zero-order valence-electron chi connectivity index (χ0n) is 15.9. The van der Waals surface area contributed by atoms with E-state index in [1.54, 1.807) is 30.3 Å². The highest BCUT2D eigenvalue weighted by molar-refractivity contribution is 7.89. The molecular formula is C20H17N5O5S. The van der Waals surface area contributed by atoms with E-state index in [1.807, 2.05) is 0 Å². The molecule has 0 fully saturated rings. The van der Waals surface area contributed by atoms with Crippen molar-refractivity contribution in [3.8, 4) is 5.88 Å². The number of carbonyl (C=O) groups excluding carboxylic acids is 1. The predicted octanol–water partition coefficient (Wildman–Crippen LogP) is 3.46. The van der Waals surface area contributed by atoms with E-state index in [-0.39, 0.29) is 28.9 Å². The molecule has 0 unspecified atom stereocenters. The first-order valence-corrected chi connectivity index (χ1v) is 10.6. The van der Waals surface area contributed by atoms with Crippen molar-refractivity contribution in [2.45, 2.75) is 11.4 Å². The third kappa shape index (κ3) is 4.47. The molecule has 2 aromatic carbocycles. The number of furan rings is 1. The molecule has 0 atom stereocenters. The Kier molecular flexibility index (Phi) is 5.28. The summed E-state index contributed by atoms with van der Waals surface area (Å²) in [5.74, 6) is 0.0881. The number of carbonyl (C=O) groups is 1. The molecule has 0 aliphatic carbocycles. The number of aromatic hydroxyl groups is 1. The number of fused-ring (bicyclic) bond motifs is 1. The molecule has 0 aliphatic heterocycles. The van der Waals surface area contributed by atoms with Crippen molar-refractivity contribution in [1.82, 2.24) is 10.3 Å². The summed E-state index contributed by atoms with van der Waals surface area (Å²) in [4.78, 5) is 15.2. The Morgan fingerprint density at radius 2 is 1.90 bits per heavy atom. The monoisotopic (exact) mass is 439 g/mol. The lowest BCUT2D eigenvalue weighted by atomic mass is 10.1. The zero-order valence-corrected chi connectivity index (χ0v) is 16.8. The van der Waals surface area contributed by atoms with Crippen LogP contribution in [0, 0.1) is 0 Å². The van der Waals surface area contributed by atoms with E-state index >= 15 is 0 Å². The van der Waals surface area contributed by atoms with Crippen LogP contribution in [0.5, 0.6) is 5.88 Å². The number of primary sulfonamides is 1. The summed E-state index contributed by atoms with van der Waals surface area (Å²) >= 11 is 0. The number of H-pyrrole nitrogens is 1. The van der Waals surface area contributed by atoms with Crippen molar-refractivity contribution in [3.63, 3.8) is 0 Å². The Morgan fingerprint density at radius 3 is 2.58 bits per heavy atom.